The minimum atomic E-state index is 0.691. The van der Waals surface area contributed by atoms with E-state index in [9.17, 15) is 0 Å². The highest BCUT2D eigenvalue weighted by Gasteiger charge is 2.11. The summed E-state index contributed by atoms with van der Waals surface area (Å²) < 4.78 is 2.90. The smallest absolute Gasteiger partial charge is 0.191 e. The third-order valence-corrected chi connectivity index (χ3v) is 5.36. The molecule has 2 aromatic carbocycles. The maximum absolute atomic E-state index is 6.05. The molecule has 4 nitrogen and oxygen atoms in total. The highest BCUT2D eigenvalue weighted by molar-refractivity contribution is 9.10. The molecular weight excluding hydrogens is 432 g/mol. The Kier molecular flexibility index (Phi) is 6.88. The molecule has 0 aliphatic carbocycles. The van der Waals surface area contributed by atoms with Crippen LogP contribution >= 0.6 is 39.3 Å². The van der Waals surface area contributed by atoms with Crippen molar-refractivity contribution in [2.45, 2.75) is 30.7 Å². The van der Waals surface area contributed by atoms with Gasteiger partial charge in [0.15, 0.2) is 5.82 Å². The first-order valence-corrected chi connectivity index (χ1v) is 10.4. The zero-order valence-electron chi connectivity index (χ0n) is 14.3. The van der Waals surface area contributed by atoms with Crippen molar-refractivity contribution in [3.8, 4) is 0 Å². The first kappa shape index (κ1) is 19.1. The minimum Gasteiger partial charge on any atom is -0.191 e. The summed E-state index contributed by atoms with van der Waals surface area (Å²) in [4.78, 5) is 0. The van der Waals surface area contributed by atoms with Crippen molar-refractivity contribution in [2.24, 2.45) is 5.10 Å². The SMILES string of the molecule is CCCc1nnc(SCc2ccc(Br)cc2)n1/N=C\c1cccc(Cl)c1. The summed E-state index contributed by atoms with van der Waals surface area (Å²) in [5.74, 6) is 1.67. The van der Waals surface area contributed by atoms with Gasteiger partial charge in [0.25, 0.3) is 0 Å². The van der Waals surface area contributed by atoms with Crippen LogP contribution in [-0.2, 0) is 12.2 Å². The molecule has 0 saturated heterocycles. The Morgan fingerprint density at radius 3 is 2.73 bits per heavy atom. The molecule has 7 heteroatoms. The van der Waals surface area contributed by atoms with Gasteiger partial charge < -0.3 is 0 Å². The Balaban J connectivity index is 1.80. The number of rotatable bonds is 7. The summed E-state index contributed by atoms with van der Waals surface area (Å²) in [6.07, 6.45) is 3.61. The second-order valence-corrected chi connectivity index (χ2v) is 7.97. The molecule has 0 unspecified atom stereocenters. The number of hydrogen-bond acceptors (Lipinski definition) is 4. The van der Waals surface area contributed by atoms with Crippen LogP contribution in [0.3, 0.4) is 0 Å². The summed E-state index contributed by atoms with van der Waals surface area (Å²) in [7, 11) is 0. The van der Waals surface area contributed by atoms with E-state index in [2.05, 4.69) is 50.3 Å². The summed E-state index contributed by atoms with van der Waals surface area (Å²) in [6, 6.07) is 15.9. The van der Waals surface area contributed by atoms with Crippen molar-refractivity contribution in [1.29, 1.82) is 0 Å². The molecule has 0 aliphatic heterocycles. The van der Waals surface area contributed by atoms with Crippen molar-refractivity contribution in [3.63, 3.8) is 0 Å². The summed E-state index contributed by atoms with van der Waals surface area (Å²) in [6.45, 7) is 2.12. The maximum Gasteiger partial charge on any atom is 0.212 e. The largest absolute Gasteiger partial charge is 0.212 e. The van der Waals surface area contributed by atoms with E-state index < -0.39 is 0 Å². The number of aryl methyl sites for hydroxylation is 1. The van der Waals surface area contributed by atoms with E-state index in [1.165, 1.54) is 5.56 Å². The highest BCUT2D eigenvalue weighted by Crippen LogP contribution is 2.23. The fraction of sp³-hybridized carbons (Fsp3) is 0.211. The predicted octanol–water partition coefficient (Wildman–Crippen LogP) is 5.82. The van der Waals surface area contributed by atoms with Gasteiger partial charge in [0.05, 0.1) is 6.21 Å². The zero-order valence-corrected chi connectivity index (χ0v) is 17.4. The molecule has 0 amide bonds. The average molecular weight is 450 g/mol. The van der Waals surface area contributed by atoms with Crippen molar-refractivity contribution in [3.05, 3.63) is 75.0 Å². The number of thioether (sulfide) groups is 1. The van der Waals surface area contributed by atoms with Crippen LogP contribution in [0.2, 0.25) is 5.02 Å². The minimum absolute atomic E-state index is 0.691. The van der Waals surface area contributed by atoms with Gasteiger partial charge in [-0.2, -0.15) is 9.78 Å². The second-order valence-electron chi connectivity index (χ2n) is 5.68. The Bertz CT molecular complexity index is 893. The lowest BCUT2D eigenvalue weighted by Gasteiger charge is -2.04. The predicted molar refractivity (Wildman–Crippen MR) is 112 cm³/mol. The van der Waals surface area contributed by atoms with Crippen molar-refractivity contribution in [1.82, 2.24) is 14.9 Å². The molecule has 3 rings (SSSR count). The van der Waals surface area contributed by atoms with Crippen LogP contribution in [0.5, 0.6) is 0 Å². The molecule has 0 fully saturated rings. The summed E-state index contributed by atoms with van der Waals surface area (Å²) in [5, 5.41) is 14.7. The standard InChI is InChI=1S/C19H18BrClN4S/c1-2-4-18-23-24-19(26-13-14-7-9-16(20)10-8-14)25(18)22-12-15-5-3-6-17(21)11-15/h3,5-12H,2,4,13H2,1H3/b22-12-. The second kappa shape index (κ2) is 9.35. The van der Waals surface area contributed by atoms with E-state index in [0.29, 0.717) is 5.02 Å². The topological polar surface area (TPSA) is 43.1 Å². The molecule has 1 heterocycles. The van der Waals surface area contributed by atoms with Crippen LogP contribution < -0.4 is 0 Å². The van der Waals surface area contributed by atoms with Crippen LogP contribution in [0.15, 0.2) is 63.3 Å². The quantitative estimate of drug-likeness (QED) is 0.337. The third-order valence-electron chi connectivity index (χ3n) is 3.60. The van der Waals surface area contributed by atoms with E-state index in [0.717, 1.165) is 39.6 Å². The van der Waals surface area contributed by atoms with Gasteiger partial charge in [-0.1, -0.05) is 70.5 Å². The molecule has 3 aromatic rings. The monoisotopic (exact) mass is 448 g/mol. The van der Waals surface area contributed by atoms with E-state index in [1.807, 2.05) is 41.1 Å². The molecule has 134 valence electrons. The Labute approximate surface area is 170 Å². The van der Waals surface area contributed by atoms with E-state index in [1.54, 1.807) is 18.0 Å². The van der Waals surface area contributed by atoms with Crippen LogP contribution in [0.25, 0.3) is 0 Å². The lowest BCUT2D eigenvalue weighted by atomic mass is 10.2. The lowest BCUT2D eigenvalue weighted by molar-refractivity contribution is 0.700. The molecule has 0 radical (unpaired) electrons. The van der Waals surface area contributed by atoms with Crippen molar-refractivity contribution in [2.75, 3.05) is 0 Å². The Hall–Kier alpha value is -1.63. The van der Waals surface area contributed by atoms with Gasteiger partial charge >= 0.3 is 0 Å². The highest BCUT2D eigenvalue weighted by atomic mass is 79.9. The van der Waals surface area contributed by atoms with Crippen molar-refractivity contribution >= 4 is 45.5 Å². The van der Waals surface area contributed by atoms with E-state index in [4.69, 9.17) is 11.6 Å². The molecule has 0 spiro atoms. The molecule has 0 atom stereocenters. The average Bonchev–Trinajstić information content (AvgIpc) is 3.02. The first-order valence-electron chi connectivity index (χ1n) is 8.27. The number of nitrogens with zero attached hydrogens (tertiary/aromatic N) is 4. The van der Waals surface area contributed by atoms with Crippen LogP contribution in [0.1, 0.15) is 30.3 Å². The van der Waals surface area contributed by atoms with Gasteiger partial charge in [-0.3, -0.25) is 0 Å². The Morgan fingerprint density at radius 2 is 2.00 bits per heavy atom. The van der Waals surface area contributed by atoms with E-state index >= 15 is 0 Å². The molecule has 0 aliphatic rings. The van der Waals surface area contributed by atoms with Crippen molar-refractivity contribution < 1.29 is 0 Å². The van der Waals surface area contributed by atoms with Crippen LogP contribution in [0, 0.1) is 0 Å². The first-order chi connectivity index (χ1) is 12.7. The third kappa shape index (κ3) is 5.19. The summed E-state index contributed by atoms with van der Waals surface area (Å²) >= 11 is 11.1. The maximum atomic E-state index is 6.05. The number of halogens is 2. The molecule has 0 N–H and O–H groups in total. The fourth-order valence-corrected chi connectivity index (χ4v) is 3.65. The Morgan fingerprint density at radius 1 is 1.19 bits per heavy atom. The number of hydrogen-bond donors (Lipinski definition) is 0. The summed E-state index contributed by atoms with van der Waals surface area (Å²) in [5.41, 5.74) is 2.17. The normalized spacial score (nSPS) is 11.3. The van der Waals surface area contributed by atoms with Gasteiger partial charge in [0, 0.05) is 21.7 Å². The molecule has 0 saturated carbocycles. The van der Waals surface area contributed by atoms with Crippen LogP contribution in [0.4, 0.5) is 0 Å². The van der Waals surface area contributed by atoms with Gasteiger partial charge in [0.2, 0.25) is 5.16 Å². The van der Waals surface area contributed by atoms with Gasteiger partial charge in [-0.25, -0.2) is 0 Å². The van der Waals surface area contributed by atoms with Gasteiger partial charge in [-0.15, -0.1) is 10.2 Å². The number of aromatic nitrogens is 3. The molecule has 26 heavy (non-hydrogen) atoms. The molecular formula is C19H18BrClN4S. The van der Waals surface area contributed by atoms with Crippen LogP contribution in [-0.4, -0.2) is 21.1 Å². The lowest BCUT2D eigenvalue weighted by Crippen LogP contribution is -2.00. The molecule has 1 aromatic heterocycles. The number of benzene rings is 2. The molecule has 0 bridgehead atoms. The van der Waals surface area contributed by atoms with E-state index in [-0.39, 0.29) is 0 Å². The van der Waals surface area contributed by atoms with Gasteiger partial charge in [-0.05, 0) is 41.8 Å². The van der Waals surface area contributed by atoms with Gasteiger partial charge in [0.1, 0.15) is 0 Å². The zero-order chi connectivity index (χ0) is 18.4. The fourth-order valence-electron chi connectivity index (χ4n) is 2.32.